The van der Waals surface area contributed by atoms with E-state index in [1.807, 2.05) is 0 Å². The van der Waals surface area contributed by atoms with Gasteiger partial charge < -0.3 is 44.8 Å². The second-order valence-electron chi connectivity index (χ2n) is 10.8. The van der Waals surface area contributed by atoms with Crippen molar-refractivity contribution in [3.8, 4) is 0 Å². The van der Waals surface area contributed by atoms with Crippen molar-refractivity contribution in [1.29, 1.82) is 0 Å². The summed E-state index contributed by atoms with van der Waals surface area (Å²) >= 11 is 0. The van der Waals surface area contributed by atoms with E-state index in [4.69, 9.17) is 24.7 Å². The standard InChI is InChI=1S/C26H34N6O10/c1-11(2)18(27)23(36)42-19-15(8-33)41-24(26(19,5)38)32-7-13-14(30-25(37)40-10-39-22(35)12(3)4)6-16(34)31-20-17(13)21(32)29-9-28-20/h6-7,9,11-12,15,18-19,24,33,38H,8,10,27H2,1-5H3,(H,30,37)(H,28,29,31,34)/t15?,18-,19+,24?,26?/m0/s1. The molecule has 5 atom stereocenters. The average Bonchev–Trinajstić information content (AvgIpc) is 3.37. The number of aliphatic hydroxyl groups excluding tert-OH is 1. The minimum Gasteiger partial charge on any atom is -0.455 e. The van der Waals surface area contributed by atoms with Crippen LogP contribution >= 0.6 is 0 Å². The molecule has 4 heterocycles. The summed E-state index contributed by atoms with van der Waals surface area (Å²) in [4.78, 5) is 57.8. The fourth-order valence-corrected chi connectivity index (χ4v) is 4.53. The molecule has 2 aliphatic rings. The summed E-state index contributed by atoms with van der Waals surface area (Å²) in [5, 5.41) is 27.0. The van der Waals surface area contributed by atoms with E-state index < -0.39 is 73.3 Å². The highest BCUT2D eigenvalue weighted by Gasteiger charge is 2.56. The lowest BCUT2D eigenvalue weighted by Crippen LogP contribution is -2.50. The summed E-state index contributed by atoms with van der Waals surface area (Å²) in [6, 6.07) is -0.970. The van der Waals surface area contributed by atoms with Gasteiger partial charge in [0.25, 0.3) is 5.91 Å². The lowest BCUT2D eigenvalue weighted by Gasteiger charge is -2.31. The van der Waals surface area contributed by atoms with Gasteiger partial charge in [0.1, 0.15) is 35.5 Å². The lowest BCUT2D eigenvalue weighted by atomic mass is 9.95. The number of alkyl carbamates (subject to hydrolysis) is 1. The molecule has 1 saturated heterocycles. The molecule has 0 aliphatic carbocycles. The SMILES string of the molecule is CC(C)C(=O)OCOC(=O)NC1=CC(=O)Nc2ncnc3c2c1cn3C1OC(CO)[C@@H](OC(=O)[C@@H](N)C(C)C)C1(C)O. The van der Waals surface area contributed by atoms with Gasteiger partial charge >= 0.3 is 18.0 Å². The van der Waals surface area contributed by atoms with Crippen molar-refractivity contribution in [2.75, 3.05) is 18.7 Å². The molecule has 2 aromatic heterocycles. The molecule has 2 aliphatic heterocycles. The quantitative estimate of drug-likeness (QED) is 0.194. The number of nitrogens with zero attached hydrogens (tertiary/aromatic N) is 3. The third kappa shape index (κ3) is 5.92. The van der Waals surface area contributed by atoms with Crippen LogP contribution in [0.15, 0.2) is 18.6 Å². The Hall–Kier alpha value is -4.12. The maximum atomic E-state index is 12.7. The zero-order valence-corrected chi connectivity index (χ0v) is 23.7. The van der Waals surface area contributed by atoms with E-state index >= 15 is 0 Å². The number of esters is 2. The van der Waals surface area contributed by atoms with Gasteiger partial charge in [0.15, 0.2) is 12.3 Å². The normalized spacial score (nSPS) is 24.2. The molecule has 2 aromatic rings. The Labute approximate surface area is 240 Å². The number of anilines is 1. The van der Waals surface area contributed by atoms with Gasteiger partial charge in [0, 0.05) is 17.8 Å². The molecule has 0 spiro atoms. The predicted octanol–water partition coefficient (Wildman–Crippen LogP) is 0.143. The molecular weight excluding hydrogens is 556 g/mol. The van der Waals surface area contributed by atoms with Crippen molar-refractivity contribution in [3.63, 3.8) is 0 Å². The Morgan fingerprint density at radius 2 is 1.93 bits per heavy atom. The predicted molar refractivity (Wildman–Crippen MR) is 144 cm³/mol. The summed E-state index contributed by atoms with van der Waals surface area (Å²) in [5.41, 5.74) is 4.43. The molecule has 0 aromatic carbocycles. The topological polar surface area (TPSA) is 226 Å². The number of nitrogens with two attached hydrogens (primary N) is 1. The first-order valence-electron chi connectivity index (χ1n) is 13.2. The van der Waals surface area contributed by atoms with Gasteiger partial charge in [-0.25, -0.2) is 14.8 Å². The molecule has 6 N–H and O–H groups in total. The van der Waals surface area contributed by atoms with Crippen LogP contribution in [0.2, 0.25) is 0 Å². The summed E-state index contributed by atoms with van der Waals surface area (Å²) < 4.78 is 22.7. The molecule has 4 rings (SSSR count). The number of carbonyl (C=O) groups is 4. The molecule has 0 saturated carbocycles. The average molecular weight is 591 g/mol. The van der Waals surface area contributed by atoms with Crippen LogP contribution < -0.4 is 16.4 Å². The van der Waals surface area contributed by atoms with Crippen LogP contribution in [0.3, 0.4) is 0 Å². The van der Waals surface area contributed by atoms with Crippen LogP contribution in [-0.2, 0) is 33.3 Å². The Balaban J connectivity index is 1.67. The molecule has 3 unspecified atom stereocenters. The van der Waals surface area contributed by atoms with Crippen LogP contribution in [0.5, 0.6) is 0 Å². The molecule has 2 amide bonds. The summed E-state index contributed by atoms with van der Waals surface area (Å²) in [5.74, 6) is -2.52. The third-order valence-corrected chi connectivity index (χ3v) is 6.90. The zero-order chi connectivity index (χ0) is 30.9. The summed E-state index contributed by atoms with van der Waals surface area (Å²) in [7, 11) is 0. The first-order chi connectivity index (χ1) is 19.8. The minimum atomic E-state index is -1.90. The van der Waals surface area contributed by atoms with Gasteiger partial charge in [-0.3, -0.25) is 19.7 Å². The van der Waals surface area contributed by atoms with Crippen molar-refractivity contribution in [2.24, 2.45) is 17.6 Å². The van der Waals surface area contributed by atoms with Gasteiger partial charge in [-0.1, -0.05) is 27.7 Å². The van der Waals surface area contributed by atoms with Crippen LogP contribution in [-0.4, -0.2) is 85.9 Å². The largest absolute Gasteiger partial charge is 0.455 e. The molecule has 42 heavy (non-hydrogen) atoms. The molecule has 0 radical (unpaired) electrons. The van der Waals surface area contributed by atoms with Crippen LogP contribution in [0.4, 0.5) is 10.6 Å². The number of nitrogens with one attached hydrogen (secondary N) is 2. The van der Waals surface area contributed by atoms with E-state index in [0.717, 1.165) is 6.08 Å². The van der Waals surface area contributed by atoms with Crippen molar-refractivity contribution in [1.82, 2.24) is 19.9 Å². The molecule has 228 valence electrons. The van der Waals surface area contributed by atoms with Gasteiger partial charge in [-0.15, -0.1) is 0 Å². The highest BCUT2D eigenvalue weighted by atomic mass is 16.7. The van der Waals surface area contributed by atoms with Crippen molar-refractivity contribution < 1.29 is 48.3 Å². The third-order valence-electron chi connectivity index (χ3n) is 6.90. The van der Waals surface area contributed by atoms with E-state index in [1.165, 1.54) is 24.0 Å². The lowest BCUT2D eigenvalue weighted by molar-refractivity contribution is -0.166. The Kier molecular flexibility index (Phi) is 8.81. The summed E-state index contributed by atoms with van der Waals surface area (Å²) in [6.45, 7) is 6.84. The van der Waals surface area contributed by atoms with E-state index in [0.29, 0.717) is 0 Å². The van der Waals surface area contributed by atoms with E-state index in [2.05, 4.69) is 20.6 Å². The fourth-order valence-electron chi connectivity index (χ4n) is 4.53. The van der Waals surface area contributed by atoms with Crippen LogP contribution in [0.25, 0.3) is 16.7 Å². The molecular formula is C26H34N6O10. The Bertz CT molecular complexity index is 1420. The molecule has 0 bridgehead atoms. The number of hydrogen-bond acceptors (Lipinski definition) is 13. The number of carbonyl (C=O) groups excluding carboxylic acids is 4. The fraction of sp³-hybridized carbons (Fsp3) is 0.538. The Morgan fingerprint density at radius 1 is 1.21 bits per heavy atom. The van der Waals surface area contributed by atoms with E-state index in [9.17, 15) is 29.4 Å². The number of hydrogen-bond donors (Lipinski definition) is 5. The van der Waals surface area contributed by atoms with Gasteiger partial charge in [0.2, 0.25) is 6.79 Å². The van der Waals surface area contributed by atoms with Crippen molar-refractivity contribution in [3.05, 3.63) is 24.2 Å². The van der Waals surface area contributed by atoms with Crippen molar-refractivity contribution >= 4 is 46.5 Å². The highest BCUT2D eigenvalue weighted by Crippen LogP contribution is 2.43. The second kappa shape index (κ2) is 12.0. The van der Waals surface area contributed by atoms with E-state index in [1.54, 1.807) is 27.7 Å². The maximum Gasteiger partial charge on any atom is 0.414 e. The number of amides is 2. The first-order valence-corrected chi connectivity index (χ1v) is 13.2. The summed E-state index contributed by atoms with van der Waals surface area (Å²) in [6.07, 6.45) is -1.00. The Morgan fingerprint density at radius 3 is 2.57 bits per heavy atom. The van der Waals surface area contributed by atoms with Crippen LogP contribution in [0, 0.1) is 11.8 Å². The van der Waals surface area contributed by atoms with Gasteiger partial charge in [-0.2, -0.15) is 0 Å². The monoisotopic (exact) mass is 590 g/mol. The molecule has 16 heteroatoms. The molecule has 16 nitrogen and oxygen atoms in total. The maximum absolute atomic E-state index is 12.7. The van der Waals surface area contributed by atoms with E-state index in [-0.39, 0.29) is 34.0 Å². The van der Waals surface area contributed by atoms with Crippen molar-refractivity contribution in [2.45, 2.75) is 64.7 Å². The number of aromatic nitrogens is 3. The highest BCUT2D eigenvalue weighted by molar-refractivity contribution is 6.14. The van der Waals surface area contributed by atoms with Gasteiger partial charge in [0.05, 0.1) is 23.6 Å². The molecule has 1 fully saturated rings. The number of aliphatic hydroxyl groups is 2. The van der Waals surface area contributed by atoms with Crippen LogP contribution in [0.1, 0.15) is 46.4 Å². The second-order valence-corrected chi connectivity index (χ2v) is 10.8. The number of ether oxygens (including phenoxy) is 4. The first kappa shape index (κ1) is 30.8. The van der Waals surface area contributed by atoms with Gasteiger partial charge in [-0.05, 0) is 12.8 Å². The number of rotatable bonds is 9. The minimum absolute atomic E-state index is 0.0211. The zero-order valence-electron chi connectivity index (χ0n) is 23.7. The smallest absolute Gasteiger partial charge is 0.414 e.